The predicted molar refractivity (Wildman–Crippen MR) is 89.3 cm³/mol. The molecule has 128 valence electrons. The number of hydrogen-bond acceptors (Lipinski definition) is 5. The Morgan fingerprint density at radius 2 is 2.25 bits per heavy atom. The molecule has 24 heavy (non-hydrogen) atoms. The van der Waals surface area contributed by atoms with Crippen molar-refractivity contribution in [1.82, 2.24) is 9.88 Å². The summed E-state index contributed by atoms with van der Waals surface area (Å²) in [5.74, 6) is 1.51. The highest BCUT2D eigenvalue weighted by Gasteiger charge is 2.42. The number of aromatic nitrogens is 1. The first-order valence-electron chi connectivity index (χ1n) is 8.75. The summed E-state index contributed by atoms with van der Waals surface area (Å²) in [4.78, 5) is 6.63. The van der Waals surface area contributed by atoms with Crippen molar-refractivity contribution in [2.24, 2.45) is 5.92 Å². The maximum absolute atomic E-state index is 6.10. The van der Waals surface area contributed by atoms with E-state index in [2.05, 4.69) is 9.88 Å². The molecule has 2 aliphatic rings. The van der Waals surface area contributed by atoms with E-state index in [1.54, 1.807) is 12.5 Å². The third kappa shape index (κ3) is 3.53. The SMILES string of the molecule is c1cncc(COC[C@@H]2CC[C@H]3[C@@H]2OCCN3Cc2ccco2)c1. The molecule has 1 saturated carbocycles. The van der Waals surface area contributed by atoms with Crippen LogP contribution in [0.15, 0.2) is 47.3 Å². The maximum Gasteiger partial charge on any atom is 0.117 e. The van der Waals surface area contributed by atoms with E-state index in [1.165, 1.54) is 6.42 Å². The van der Waals surface area contributed by atoms with Crippen LogP contribution in [-0.4, -0.2) is 41.8 Å². The Hall–Kier alpha value is -1.69. The Kier molecular flexibility index (Phi) is 4.92. The van der Waals surface area contributed by atoms with Crippen molar-refractivity contribution >= 4 is 0 Å². The Morgan fingerprint density at radius 1 is 1.25 bits per heavy atom. The zero-order chi connectivity index (χ0) is 16.2. The molecule has 0 unspecified atom stereocenters. The van der Waals surface area contributed by atoms with Crippen LogP contribution in [0.25, 0.3) is 0 Å². The molecule has 0 spiro atoms. The molecule has 3 atom stereocenters. The van der Waals surface area contributed by atoms with E-state index in [-0.39, 0.29) is 6.10 Å². The standard InChI is InChI=1S/C19H24N2O3/c1-3-15(11-20-7-1)13-22-14-16-5-6-18-19(16)24-10-8-21(18)12-17-4-2-9-23-17/h1-4,7,9,11,16,18-19H,5-6,8,10,12-14H2/t16-,18-,19+/m0/s1. The molecule has 2 aromatic rings. The van der Waals surface area contributed by atoms with E-state index >= 15 is 0 Å². The van der Waals surface area contributed by atoms with E-state index in [1.807, 2.05) is 30.5 Å². The molecule has 5 heteroatoms. The van der Waals surface area contributed by atoms with Crippen LogP contribution in [0, 0.1) is 5.92 Å². The molecule has 0 bridgehead atoms. The molecule has 0 aromatic carbocycles. The normalized spacial score (nSPS) is 27.2. The van der Waals surface area contributed by atoms with Crippen molar-refractivity contribution in [3.05, 3.63) is 54.2 Å². The fourth-order valence-electron chi connectivity index (χ4n) is 3.93. The molecule has 1 aliphatic heterocycles. The van der Waals surface area contributed by atoms with Crippen molar-refractivity contribution < 1.29 is 13.9 Å². The van der Waals surface area contributed by atoms with Gasteiger partial charge in [-0.3, -0.25) is 9.88 Å². The van der Waals surface area contributed by atoms with Crippen LogP contribution >= 0.6 is 0 Å². The Balaban J connectivity index is 1.31. The third-order valence-corrected chi connectivity index (χ3v) is 5.10. The number of ether oxygens (including phenoxy) is 2. The summed E-state index contributed by atoms with van der Waals surface area (Å²) in [6.45, 7) is 4.02. The number of morpholine rings is 1. The van der Waals surface area contributed by atoms with Crippen LogP contribution in [0.1, 0.15) is 24.2 Å². The van der Waals surface area contributed by atoms with E-state index in [4.69, 9.17) is 13.9 Å². The number of hydrogen-bond donors (Lipinski definition) is 0. The summed E-state index contributed by atoms with van der Waals surface area (Å²) in [7, 11) is 0. The van der Waals surface area contributed by atoms with E-state index in [9.17, 15) is 0 Å². The lowest BCUT2D eigenvalue weighted by molar-refractivity contribution is -0.0904. The van der Waals surface area contributed by atoms with Crippen LogP contribution in [0.5, 0.6) is 0 Å². The molecule has 2 aromatic heterocycles. The molecule has 1 aliphatic carbocycles. The minimum Gasteiger partial charge on any atom is -0.468 e. The molecule has 0 N–H and O–H groups in total. The quantitative estimate of drug-likeness (QED) is 0.816. The fourth-order valence-corrected chi connectivity index (χ4v) is 3.93. The number of rotatable bonds is 6. The highest BCUT2D eigenvalue weighted by Crippen LogP contribution is 2.35. The predicted octanol–water partition coefficient (Wildman–Crippen LogP) is 2.87. The van der Waals surface area contributed by atoms with Gasteiger partial charge in [0.2, 0.25) is 0 Å². The Morgan fingerprint density at radius 3 is 3.08 bits per heavy atom. The molecule has 5 nitrogen and oxygen atoms in total. The van der Waals surface area contributed by atoms with Crippen molar-refractivity contribution in [3.8, 4) is 0 Å². The van der Waals surface area contributed by atoms with Crippen molar-refractivity contribution in [1.29, 1.82) is 0 Å². The first kappa shape index (κ1) is 15.8. The summed E-state index contributed by atoms with van der Waals surface area (Å²) >= 11 is 0. The van der Waals surface area contributed by atoms with Crippen LogP contribution < -0.4 is 0 Å². The molecule has 4 rings (SSSR count). The van der Waals surface area contributed by atoms with Crippen molar-refractivity contribution in [3.63, 3.8) is 0 Å². The zero-order valence-electron chi connectivity index (χ0n) is 13.8. The molecule has 0 radical (unpaired) electrons. The van der Waals surface area contributed by atoms with Gasteiger partial charge in [-0.15, -0.1) is 0 Å². The molecule has 1 saturated heterocycles. The van der Waals surface area contributed by atoms with Gasteiger partial charge >= 0.3 is 0 Å². The second kappa shape index (κ2) is 7.47. The van der Waals surface area contributed by atoms with Gasteiger partial charge in [0.15, 0.2) is 0 Å². The van der Waals surface area contributed by atoms with Gasteiger partial charge in [-0.2, -0.15) is 0 Å². The largest absolute Gasteiger partial charge is 0.468 e. The zero-order valence-corrected chi connectivity index (χ0v) is 13.8. The number of pyridine rings is 1. The van der Waals surface area contributed by atoms with Gasteiger partial charge in [0.25, 0.3) is 0 Å². The van der Waals surface area contributed by atoms with Crippen LogP contribution in [0.2, 0.25) is 0 Å². The summed E-state index contributed by atoms with van der Waals surface area (Å²) in [5.41, 5.74) is 1.12. The van der Waals surface area contributed by atoms with Gasteiger partial charge in [-0.1, -0.05) is 6.07 Å². The van der Waals surface area contributed by atoms with Crippen LogP contribution in [0.4, 0.5) is 0 Å². The topological polar surface area (TPSA) is 47.7 Å². The van der Waals surface area contributed by atoms with E-state index < -0.39 is 0 Å². The van der Waals surface area contributed by atoms with E-state index in [0.29, 0.717) is 18.6 Å². The number of fused-ring (bicyclic) bond motifs is 1. The summed E-state index contributed by atoms with van der Waals surface area (Å²) in [6, 6.07) is 8.48. The molecule has 2 fully saturated rings. The second-order valence-corrected chi connectivity index (χ2v) is 6.67. The monoisotopic (exact) mass is 328 g/mol. The minimum absolute atomic E-state index is 0.280. The van der Waals surface area contributed by atoms with Gasteiger partial charge in [-0.05, 0) is 36.6 Å². The lowest BCUT2D eigenvalue weighted by atomic mass is 10.0. The average Bonchev–Trinajstić information content (AvgIpc) is 3.27. The van der Waals surface area contributed by atoms with Crippen molar-refractivity contribution in [2.45, 2.75) is 38.1 Å². The number of furan rings is 1. The molecular weight excluding hydrogens is 304 g/mol. The first-order chi connectivity index (χ1) is 11.9. The second-order valence-electron chi connectivity index (χ2n) is 6.67. The van der Waals surface area contributed by atoms with Crippen LogP contribution in [-0.2, 0) is 22.6 Å². The first-order valence-corrected chi connectivity index (χ1v) is 8.75. The van der Waals surface area contributed by atoms with Gasteiger partial charge in [0.05, 0.1) is 38.7 Å². The summed E-state index contributed by atoms with van der Waals surface area (Å²) in [6.07, 6.45) is 8.01. The summed E-state index contributed by atoms with van der Waals surface area (Å²) < 4.78 is 17.6. The molecule has 3 heterocycles. The lowest BCUT2D eigenvalue weighted by Crippen LogP contribution is -2.50. The van der Waals surface area contributed by atoms with Gasteiger partial charge in [-0.25, -0.2) is 0 Å². The van der Waals surface area contributed by atoms with E-state index in [0.717, 1.165) is 44.0 Å². The minimum atomic E-state index is 0.280. The third-order valence-electron chi connectivity index (χ3n) is 5.10. The van der Waals surface area contributed by atoms with Gasteiger partial charge in [0.1, 0.15) is 5.76 Å². The van der Waals surface area contributed by atoms with Gasteiger partial charge in [0, 0.05) is 30.9 Å². The smallest absolute Gasteiger partial charge is 0.117 e. The highest BCUT2D eigenvalue weighted by atomic mass is 16.5. The fraction of sp³-hybridized carbons (Fsp3) is 0.526. The lowest BCUT2D eigenvalue weighted by Gasteiger charge is -2.38. The average molecular weight is 328 g/mol. The Bertz CT molecular complexity index is 617. The highest BCUT2D eigenvalue weighted by molar-refractivity contribution is 5.07. The van der Waals surface area contributed by atoms with Crippen LogP contribution in [0.3, 0.4) is 0 Å². The molecule has 0 amide bonds. The number of nitrogens with zero attached hydrogens (tertiary/aromatic N) is 2. The van der Waals surface area contributed by atoms with Gasteiger partial charge < -0.3 is 13.9 Å². The van der Waals surface area contributed by atoms with Crippen molar-refractivity contribution in [2.75, 3.05) is 19.8 Å². The maximum atomic E-state index is 6.10. The molecular formula is C19H24N2O3. The summed E-state index contributed by atoms with van der Waals surface area (Å²) in [5, 5.41) is 0. The Labute approximate surface area is 142 Å².